The molecule has 0 aliphatic rings. The van der Waals surface area contributed by atoms with Gasteiger partial charge in [0, 0.05) is 6.17 Å². The highest BCUT2D eigenvalue weighted by atomic mass is 28.3. The fourth-order valence-corrected chi connectivity index (χ4v) is 1.13. The third-order valence-electron chi connectivity index (χ3n) is 0.953. The molecule has 0 rings (SSSR count). The smallest absolute Gasteiger partial charge is 0.411 e. The van der Waals surface area contributed by atoms with Gasteiger partial charge in [-0.25, -0.2) is 4.79 Å². The Bertz CT molecular complexity index is 151. The number of hydrogen-bond donors (Lipinski definition) is 1. The summed E-state index contributed by atoms with van der Waals surface area (Å²) in [4.78, 5) is 10.7. The molecule has 0 aromatic heterocycles. The van der Waals surface area contributed by atoms with Crippen LogP contribution in [0.25, 0.3) is 0 Å². The van der Waals surface area contributed by atoms with E-state index in [1.54, 1.807) is 0 Å². The van der Waals surface area contributed by atoms with Crippen molar-refractivity contribution in [3.63, 3.8) is 0 Å². The first kappa shape index (κ1) is 10.2. The average Bonchev–Trinajstić information content (AvgIpc) is 1.83. The molecule has 0 spiro atoms. The molecule has 0 aromatic carbocycles. The Hall–Kier alpha value is -0.773. The minimum absolute atomic E-state index is 0.414. The zero-order valence-corrected chi connectivity index (χ0v) is 8.31. The topological polar surface area (TPSA) is 38.3 Å². The number of ether oxygens (including phenoxy) is 1. The molecular weight excluding hydrogens is 158 g/mol. The summed E-state index contributed by atoms with van der Waals surface area (Å²) in [6.45, 7) is 9.78. The summed E-state index contributed by atoms with van der Waals surface area (Å²) in [5.41, 5.74) is 0. The van der Waals surface area contributed by atoms with Crippen molar-refractivity contribution in [2.45, 2.75) is 19.6 Å². The standard InChI is InChI=1S/C7H15NO2Si/c1-5-10-7(9)8-6-11(2,3)4/h5H,1,6H2,2-4H3,(H,8,9). The summed E-state index contributed by atoms with van der Waals surface area (Å²) in [7, 11) is -1.20. The van der Waals surface area contributed by atoms with Gasteiger partial charge in [0.05, 0.1) is 14.3 Å². The van der Waals surface area contributed by atoms with E-state index in [0.717, 1.165) is 12.4 Å². The Morgan fingerprint density at radius 2 is 2.18 bits per heavy atom. The molecule has 1 amide bonds. The van der Waals surface area contributed by atoms with Gasteiger partial charge in [-0.2, -0.15) is 0 Å². The molecule has 0 aliphatic heterocycles. The SMILES string of the molecule is C=COC(=O)NC[Si](C)(C)C. The highest BCUT2D eigenvalue weighted by Crippen LogP contribution is 1.96. The Morgan fingerprint density at radius 3 is 2.55 bits per heavy atom. The van der Waals surface area contributed by atoms with Crippen LogP contribution < -0.4 is 5.32 Å². The molecule has 0 atom stereocenters. The van der Waals surface area contributed by atoms with Crippen LogP contribution in [-0.4, -0.2) is 20.3 Å². The Kier molecular flexibility index (Phi) is 3.88. The number of carbonyl (C=O) groups excluding carboxylic acids is 1. The van der Waals surface area contributed by atoms with E-state index in [-0.39, 0.29) is 0 Å². The van der Waals surface area contributed by atoms with Crippen molar-refractivity contribution in [2.75, 3.05) is 6.17 Å². The van der Waals surface area contributed by atoms with E-state index in [0.29, 0.717) is 0 Å². The van der Waals surface area contributed by atoms with Crippen molar-refractivity contribution >= 4 is 14.2 Å². The quantitative estimate of drug-likeness (QED) is 0.521. The number of carbonyl (C=O) groups is 1. The minimum Gasteiger partial charge on any atom is -0.419 e. The lowest BCUT2D eigenvalue weighted by atomic mass is 11.0. The molecule has 0 radical (unpaired) electrons. The second kappa shape index (κ2) is 4.18. The van der Waals surface area contributed by atoms with Crippen molar-refractivity contribution < 1.29 is 9.53 Å². The van der Waals surface area contributed by atoms with Gasteiger partial charge >= 0.3 is 6.09 Å². The molecule has 0 bridgehead atoms. The number of alkyl carbamates (subject to hydrolysis) is 1. The van der Waals surface area contributed by atoms with Crippen LogP contribution in [0.2, 0.25) is 19.6 Å². The number of nitrogens with one attached hydrogen (secondary N) is 1. The van der Waals surface area contributed by atoms with Crippen LogP contribution in [0.5, 0.6) is 0 Å². The van der Waals surface area contributed by atoms with E-state index in [1.165, 1.54) is 0 Å². The average molecular weight is 173 g/mol. The molecule has 11 heavy (non-hydrogen) atoms. The van der Waals surface area contributed by atoms with E-state index >= 15 is 0 Å². The molecule has 0 aromatic rings. The summed E-state index contributed by atoms with van der Waals surface area (Å²) in [6.07, 6.45) is 1.45. The van der Waals surface area contributed by atoms with Gasteiger partial charge in [0.1, 0.15) is 0 Å². The van der Waals surface area contributed by atoms with Crippen molar-refractivity contribution in [2.24, 2.45) is 0 Å². The molecule has 4 heteroatoms. The Labute approximate surface area is 68.4 Å². The molecular formula is C7H15NO2Si. The first-order chi connectivity index (χ1) is 4.95. The number of hydrogen-bond acceptors (Lipinski definition) is 2. The van der Waals surface area contributed by atoms with Crippen LogP contribution in [0.3, 0.4) is 0 Å². The van der Waals surface area contributed by atoms with Crippen molar-refractivity contribution in [1.29, 1.82) is 0 Å². The lowest BCUT2D eigenvalue weighted by Crippen LogP contribution is -2.39. The summed E-state index contributed by atoms with van der Waals surface area (Å²) in [5, 5.41) is 2.65. The number of rotatable bonds is 3. The lowest BCUT2D eigenvalue weighted by Gasteiger charge is -2.15. The Balaban J connectivity index is 3.54. The monoisotopic (exact) mass is 173 g/mol. The second-order valence-corrected chi connectivity index (χ2v) is 8.96. The highest BCUT2D eigenvalue weighted by Gasteiger charge is 2.13. The first-order valence-corrected chi connectivity index (χ1v) is 7.22. The molecule has 64 valence electrons. The maximum Gasteiger partial charge on any atom is 0.411 e. The predicted octanol–water partition coefficient (Wildman–Crippen LogP) is 1.73. The van der Waals surface area contributed by atoms with Crippen LogP contribution >= 0.6 is 0 Å². The zero-order chi connectivity index (χ0) is 8.91. The summed E-state index contributed by atoms with van der Waals surface area (Å²) < 4.78 is 4.47. The van der Waals surface area contributed by atoms with Gasteiger partial charge in [0.25, 0.3) is 0 Å². The molecule has 0 unspecified atom stereocenters. The van der Waals surface area contributed by atoms with Gasteiger partial charge in [-0.1, -0.05) is 26.2 Å². The van der Waals surface area contributed by atoms with Gasteiger partial charge < -0.3 is 10.1 Å². The minimum atomic E-state index is -1.20. The summed E-state index contributed by atoms with van der Waals surface area (Å²) in [5.74, 6) is 0. The van der Waals surface area contributed by atoms with Gasteiger partial charge in [-0.05, 0) is 0 Å². The van der Waals surface area contributed by atoms with Crippen molar-refractivity contribution in [3.8, 4) is 0 Å². The van der Waals surface area contributed by atoms with E-state index < -0.39 is 14.2 Å². The zero-order valence-electron chi connectivity index (χ0n) is 7.31. The normalized spacial score (nSPS) is 10.5. The summed E-state index contributed by atoms with van der Waals surface area (Å²) in [6, 6.07) is 0. The maximum absolute atomic E-state index is 10.7. The van der Waals surface area contributed by atoms with Crippen molar-refractivity contribution in [1.82, 2.24) is 5.32 Å². The predicted molar refractivity (Wildman–Crippen MR) is 48.0 cm³/mol. The molecule has 3 nitrogen and oxygen atoms in total. The van der Waals surface area contributed by atoms with Gasteiger partial charge in [0.2, 0.25) is 0 Å². The van der Waals surface area contributed by atoms with Gasteiger partial charge in [-0.15, -0.1) is 0 Å². The molecule has 0 heterocycles. The van der Waals surface area contributed by atoms with Crippen LogP contribution in [0.15, 0.2) is 12.8 Å². The van der Waals surface area contributed by atoms with Crippen molar-refractivity contribution in [3.05, 3.63) is 12.8 Å². The highest BCUT2D eigenvalue weighted by molar-refractivity contribution is 6.76. The van der Waals surface area contributed by atoms with Gasteiger partial charge in [0.15, 0.2) is 0 Å². The number of amides is 1. The third-order valence-corrected chi connectivity index (χ3v) is 2.19. The second-order valence-electron chi connectivity index (χ2n) is 3.49. The fraction of sp³-hybridized carbons (Fsp3) is 0.571. The van der Waals surface area contributed by atoms with Crippen LogP contribution in [0, 0.1) is 0 Å². The fourth-order valence-electron chi connectivity index (χ4n) is 0.455. The molecule has 0 aliphatic carbocycles. The Morgan fingerprint density at radius 1 is 1.64 bits per heavy atom. The van der Waals surface area contributed by atoms with E-state index in [1.807, 2.05) is 0 Å². The lowest BCUT2D eigenvalue weighted by molar-refractivity contribution is 0.187. The largest absolute Gasteiger partial charge is 0.419 e. The molecule has 0 saturated heterocycles. The van der Waals surface area contributed by atoms with Crippen LogP contribution in [0.4, 0.5) is 4.79 Å². The summed E-state index contributed by atoms with van der Waals surface area (Å²) >= 11 is 0. The molecule has 0 saturated carbocycles. The maximum atomic E-state index is 10.7. The third kappa shape index (κ3) is 7.12. The molecule has 0 fully saturated rings. The first-order valence-electron chi connectivity index (χ1n) is 3.51. The van der Waals surface area contributed by atoms with E-state index in [9.17, 15) is 4.79 Å². The van der Waals surface area contributed by atoms with E-state index in [2.05, 4.69) is 36.3 Å². The molecule has 1 N–H and O–H groups in total. The van der Waals surface area contributed by atoms with E-state index in [4.69, 9.17) is 0 Å². The van der Waals surface area contributed by atoms with Gasteiger partial charge in [-0.3, -0.25) is 0 Å². The van der Waals surface area contributed by atoms with Crippen LogP contribution in [0.1, 0.15) is 0 Å². The van der Waals surface area contributed by atoms with Crippen LogP contribution in [-0.2, 0) is 4.74 Å².